The number of nitrogens with one attached hydrogen (secondary N) is 5. The van der Waals surface area contributed by atoms with Crippen molar-refractivity contribution in [1.29, 1.82) is 5.41 Å². The van der Waals surface area contributed by atoms with Crippen molar-refractivity contribution >= 4 is 29.6 Å². The number of hydrogen-bond donors (Lipinski definition) is 9. The fraction of sp³-hybridized carbons (Fsp3) is 0.676. The highest BCUT2D eigenvalue weighted by atomic mass is 16.2. The Bertz CT molecular complexity index is 1210. The van der Waals surface area contributed by atoms with E-state index >= 15 is 0 Å². The molecule has 0 aliphatic heterocycles. The second kappa shape index (κ2) is 16.9. The van der Waals surface area contributed by atoms with Crippen molar-refractivity contribution in [2.45, 2.75) is 108 Å². The van der Waals surface area contributed by atoms with E-state index in [0.717, 1.165) is 24.8 Å². The zero-order chi connectivity index (χ0) is 34.0. The summed E-state index contributed by atoms with van der Waals surface area (Å²) in [5, 5.41) is 18.8. The number of carbonyl (C=O) groups excluding carboxylic acids is 4. The van der Waals surface area contributed by atoms with Crippen LogP contribution >= 0.6 is 0 Å². The number of guanidine groups is 1. The van der Waals surface area contributed by atoms with E-state index in [1.165, 1.54) is 19.3 Å². The first-order chi connectivity index (χ1) is 22.5. The summed E-state index contributed by atoms with van der Waals surface area (Å²) in [6, 6.07) is 5.72. The lowest BCUT2D eigenvalue weighted by molar-refractivity contribution is -0.136. The Morgan fingerprint density at radius 1 is 0.787 bits per heavy atom. The van der Waals surface area contributed by atoms with Crippen molar-refractivity contribution in [2.24, 2.45) is 46.1 Å². The number of carbonyl (C=O) groups is 4. The maximum Gasteiger partial charge on any atom is 0.243 e. The topological polar surface area (TPSA) is 244 Å². The summed E-state index contributed by atoms with van der Waals surface area (Å²) < 4.78 is 0. The molecule has 4 aliphatic carbocycles. The standard InChI is InChI=1S/C34H55N9O4/c35-11-5-4-9-26(29(37)44)41-32(47)28(20-34-17-22-13-23(18-34)15-24(14-22)19-34)43-31(46)27(10-6-12-40-33(38)39)42-30(45)25(36)16-21-7-2-1-3-8-21/h1-3,7-8,22-28H,4-6,9-20,35-36H2,(H2,37,44)(H,41,47)(H,42,45)(H,43,46)(H4,38,39,40)/t22?,23?,24?,25?,26-,27?,28+,34?/m0/s1. The van der Waals surface area contributed by atoms with Crippen LogP contribution in [0.3, 0.4) is 0 Å². The first-order valence-corrected chi connectivity index (χ1v) is 17.2. The minimum absolute atomic E-state index is 0.0615. The maximum absolute atomic E-state index is 14.0. The summed E-state index contributed by atoms with van der Waals surface area (Å²) in [6.07, 6.45) is 9.87. The SMILES string of the molecule is N=C(N)NCCCC(NC(=O)C(N)Cc1ccccc1)C(=O)N[C@H](CC12CC3CC(CC(C3)C1)C2)C(=O)N[C@@H](CCCCN)C(N)=O. The normalized spacial score (nSPS) is 25.2. The quantitative estimate of drug-likeness (QED) is 0.0576. The van der Waals surface area contributed by atoms with Gasteiger partial charge in [0.15, 0.2) is 5.96 Å². The molecule has 2 unspecified atom stereocenters. The average molecular weight is 654 g/mol. The largest absolute Gasteiger partial charge is 0.370 e. The first kappa shape index (κ1) is 36.1. The van der Waals surface area contributed by atoms with Gasteiger partial charge in [0.25, 0.3) is 0 Å². The molecule has 0 aromatic heterocycles. The van der Waals surface area contributed by atoms with Crippen LogP contribution in [0, 0.1) is 28.6 Å². The zero-order valence-electron chi connectivity index (χ0n) is 27.5. The Balaban J connectivity index is 1.51. The molecule has 0 spiro atoms. The highest BCUT2D eigenvalue weighted by Gasteiger charge is 2.52. The third kappa shape index (κ3) is 10.6. The molecule has 1 aromatic rings. The minimum Gasteiger partial charge on any atom is -0.370 e. The van der Waals surface area contributed by atoms with E-state index in [9.17, 15) is 19.2 Å². The van der Waals surface area contributed by atoms with Crippen molar-refractivity contribution in [3.63, 3.8) is 0 Å². The van der Waals surface area contributed by atoms with Crippen LogP contribution in [0.4, 0.5) is 0 Å². The molecule has 47 heavy (non-hydrogen) atoms. The molecule has 13 nitrogen and oxygen atoms in total. The van der Waals surface area contributed by atoms with Gasteiger partial charge in [0.1, 0.15) is 18.1 Å². The highest BCUT2D eigenvalue weighted by molar-refractivity contribution is 5.94. The smallest absolute Gasteiger partial charge is 0.243 e. The first-order valence-electron chi connectivity index (χ1n) is 17.2. The van der Waals surface area contributed by atoms with Gasteiger partial charge >= 0.3 is 0 Å². The Morgan fingerprint density at radius 3 is 1.91 bits per heavy atom. The van der Waals surface area contributed by atoms with Gasteiger partial charge in [0.05, 0.1) is 6.04 Å². The van der Waals surface area contributed by atoms with Gasteiger partial charge < -0.3 is 44.2 Å². The molecule has 4 fully saturated rings. The van der Waals surface area contributed by atoms with Crippen molar-refractivity contribution in [3.05, 3.63) is 35.9 Å². The summed E-state index contributed by atoms with van der Waals surface area (Å²) in [5.74, 6) is -0.337. The number of hydrogen-bond acceptors (Lipinski definition) is 7. The summed E-state index contributed by atoms with van der Waals surface area (Å²) in [5.41, 5.74) is 23.8. The number of benzene rings is 1. The van der Waals surface area contributed by atoms with E-state index < -0.39 is 47.8 Å². The number of primary amides is 1. The fourth-order valence-corrected chi connectivity index (χ4v) is 8.54. The lowest BCUT2D eigenvalue weighted by Gasteiger charge is -2.57. The maximum atomic E-state index is 14.0. The Labute approximate surface area is 278 Å². The third-order valence-electron chi connectivity index (χ3n) is 10.3. The van der Waals surface area contributed by atoms with Gasteiger partial charge in [0.2, 0.25) is 23.6 Å². The molecule has 1 aromatic carbocycles. The van der Waals surface area contributed by atoms with E-state index in [2.05, 4.69) is 21.3 Å². The molecule has 13 N–H and O–H groups in total. The summed E-state index contributed by atoms with van der Waals surface area (Å²) in [6.45, 7) is 0.791. The number of unbranched alkanes of at least 4 members (excludes halogenated alkanes) is 1. The van der Waals surface area contributed by atoms with Crippen LogP contribution in [-0.4, -0.2) is 66.8 Å². The Morgan fingerprint density at radius 2 is 1.34 bits per heavy atom. The van der Waals surface area contributed by atoms with Crippen LogP contribution in [-0.2, 0) is 25.6 Å². The van der Waals surface area contributed by atoms with Crippen LogP contribution in [0.5, 0.6) is 0 Å². The molecule has 4 saturated carbocycles. The Kier molecular flexibility index (Phi) is 13.0. The zero-order valence-corrected chi connectivity index (χ0v) is 27.5. The Hall–Kier alpha value is -3.71. The van der Waals surface area contributed by atoms with Gasteiger partial charge in [0, 0.05) is 6.54 Å². The van der Waals surface area contributed by atoms with Crippen LogP contribution in [0.15, 0.2) is 30.3 Å². The van der Waals surface area contributed by atoms with E-state index in [1.54, 1.807) is 0 Å². The van der Waals surface area contributed by atoms with Crippen LogP contribution in [0.25, 0.3) is 0 Å². The molecule has 5 rings (SSSR count). The van der Waals surface area contributed by atoms with Crippen molar-refractivity contribution in [1.82, 2.24) is 21.3 Å². The van der Waals surface area contributed by atoms with Gasteiger partial charge in [-0.15, -0.1) is 0 Å². The van der Waals surface area contributed by atoms with Crippen LogP contribution in [0.2, 0.25) is 0 Å². The predicted octanol–water partition coefficient (Wildman–Crippen LogP) is 0.495. The van der Waals surface area contributed by atoms with E-state index in [-0.39, 0.29) is 17.8 Å². The minimum atomic E-state index is -0.985. The number of amides is 4. The monoisotopic (exact) mass is 653 g/mol. The van der Waals surface area contributed by atoms with Gasteiger partial charge in [-0.1, -0.05) is 30.3 Å². The molecule has 13 heteroatoms. The highest BCUT2D eigenvalue weighted by Crippen LogP contribution is 2.61. The summed E-state index contributed by atoms with van der Waals surface area (Å²) >= 11 is 0. The van der Waals surface area contributed by atoms with Crippen molar-refractivity contribution < 1.29 is 19.2 Å². The molecule has 260 valence electrons. The lowest BCUT2D eigenvalue weighted by Crippen LogP contribution is -2.59. The predicted molar refractivity (Wildman–Crippen MR) is 180 cm³/mol. The van der Waals surface area contributed by atoms with E-state index in [4.69, 9.17) is 28.3 Å². The molecule has 4 atom stereocenters. The molecule has 0 radical (unpaired) electrons. The van der Waals surface area contributed by atoms with Gasteiger partial charge in [-0.05, 0) is 119 Å². The lowest BCUT2D eigenvalue weighted by atomic mass is 9.48. The second-order valence-electron chi connectivity index (χ2n) is 14.3. The summed E-state index contributed by atoms with van der Waals surface area (Å²) in [4.78, 5) is 53.5. The van der Waals surface area contributed by atoms with Gasteiger partial charge in [-0.2, -0.15) is 0 Å². The van der Waals surface area contributed by atoms with Gasteiger partial charge in [-0.25, -0.2) is 0 Å². The fourth-order valence-electron chi connectivity index (χ4n) is 8.54. The van der Waals surface area contributed by atoms with Gasteiger partial charge in [-0.3, -0.25) is 24.6 Å². The average Bonchev–Trinajstić information content (AvgIpc) is 3.01. The molecule has 0 saturated heterocycles. The van der Waals surface area contributed by atoms with Crippen molar-refractivity contribution in [3.8, 4) is 0 Å². The molecule has 0 heterocycles. The second-order valence-corrected chi connectivity index (χ2v) is 14.3. The van der Waals surface area contributed by atoms with E-state index in [1.807, 2.05) is 30.3 Å². The number of nitrogens with two attached hydrogens (primary N) is 4. The van der Waals surface area contributed by atoms with Crippen molar-refractivity contribution in [2.75, 3.05) is 13.1 Å². The molecular weight excluding hydrogens is 598 g/mol. The summed E-state index contributed by atoms with van der Waals surface area (Å²) in [7, 11) is 0. The molecule has 4 amide bonds. The molecular formula is C34H55N9O4. The number of rotatable bonds is 19. The molecule has 4 aliphatic rings. The third-order valence-corrected chi connectivity index (χ3v) is 10.3. The van der Waals surface area contributed by atoms with Crippen LogP contribution < -0.4 is 44.2 Å². The van der Waals surface area contributed by atoms with Crippen LogP contribution in [0.1, 0.15) is 82.6 Å². The molecule has 4 bridgehead atoms. The van der Waals surface area contributed by atoms with E-state index in [0.29, 0.717) is 69.4 Å².